The summed E-state index contributed by atoms with van der Waals surface area (Å²) in [5.74, 6) is 0.150. The molecule has 5 atom stereocenters. The second kappa shape index (κ2) is 5.76. The van der Waals surface area contributed by atoms with Crippen molar-refractivity contribution in [3.8, 4) is 0 Å². The minimum absolute atomic E-state index is 0.150. The molecule has 0 radical (unpaired) electrons. The van der Waals surface area contributed by atoms with Crippen molar-refractivity contribution in [2.45, 2.75) is 24.5 Å². The van der Waals surface area contributed by atoms with Crippen molar-refractivity contribution >= 4 is 24.7 Å². The van der Waals surface area contributed by atoms with Gasteiger partial charge < -0.3 is 30.1 Å². The lowest BCUT2D eigenvalue weighted by Crippen LogP contribution is -2.34. The molecule has 3 rings (SSSR count). The first-order valence-electron chi connectivity index (χ1n) is 6.46. The maximum atomic E-state index is 10.8. The number of aliphatic hydroxyl groups excluding tert-OH is 2. The number of nitrogens with two attached hydrogens (primary N) is 2. The number of nitrogens with zero attached hydrogens (tertiary/aromatic N) is 4. The van der Waals surface area contributed by atoms with Crippen LogP contribution in [-0.2, 0) is 13.8 Å². The number of aliphatic hydroxyl groups is 2. The second-order valence-electron chi connectivity index (χ2n) is 4.96. The number of hydrogen-bond acceptors (Lipinski definition) is 10. The molecule has 5 unspecified atom stereocenters. The molecule has 0 amide bonds. The molecule has 2 aromatic heterocycles. The maximum absolute atomic E-state index is 10.8. The van der Waals surface area contributed by atoms with Crippen LogP contribution in [0.25, 0.3) is 11.2 Å². The first-order valence-corrected chi connectivity index (χ1v) is 8.08. The summed E-state index contributed by atoms with van der Waals surface area (Å²) in [7, 11) is -4.47. The Kier molecular flexibility index (Phi) is 4.06. The zero-order valence-electron chi connectivity index (χ0n) is 11.6. The van der Waals surface area contributed by atoms with Crippen molar-refractivity contribution in [1.82, 2.24) is 19.5 Å². The summed E-state index contributed by atoms with van der Waals surface area (Å²) in [4.78, 5) is 22.7. The number of hydrogen-bond donors (Lipinski definition) is 4. The van der Waals surface area contributed by atoms with Crippen molar-refractivity contribution < 1.29 is 28.9 Å². The highest BCUT2D eigenvalue weighted by Crippen LogP contribution is 2.34. The lowest BCUT2D eigenvalue weighted by atomic mass is 10.1. The van der Waals surface area contributed by atoms with Gasteiger partial charge in [-0.05, 0) is 0 Å². The summed E-state index contributed by atoms with van der Waals surface area (Å²) in [6.07, 6.45) is -2.36. The van der Waals surface area contributed by atoms with Gasteiger partial charge in [0.2, 0.25) is 7.75 Å². The van der Waals surface area contributed by atoms with E-state index in [1.807, 2.05) is 0 Å². The Hall–Kier alpha value is -1.66. The average molecular weight is 345 g/mol. The molecule has 13 heteroatoms. The summed E-state index contributed by atoms with van der Waals surface area (Å²) < 4.78 is 22.1. The van der Waals surface area contributed by atoms with E-state index in [0.29, 0.717) is 11.2 Å². The summed E-state index contributed by atoms with van der Waals surface area (Å²) in [6, 6.07) is 0. The van der Waals surface area contributed by atoms with Gasteiger partial charge in [-0.1, -0.05) is 0 Å². The van der Waals surface area contributed by atoms with Crippen molar-refractivity contribution in [1.29, 1.82) is 0 Å². The highest BCUT2D eigenvalue weighted by Gasteiger charge is 2.44. The zero-order chi connectivity index (χ0) is 16.8. The Balaban J connectivity index is 1.85. The Bertz CT molecular complexity index is 763. The van der Waals surface area contributed by atoms with Gasteiger partial charge >= 0.3 is 0 Å². The van der Waals surface area contributed by atoms with E-state index in [1.54, 1.807) is 0 Å². The monoisotopic (exact) mass is 345 g/mol. The summed E-state index contributed by atoms with van der Waals surface area (Å²) in [5, 5.41) is 20.1. The smallest absolute Gasteiger partial charge is 0.201 e. The SMILES string of the molecule is Nc1ncnc2c1ncn2C1OC(COP(N)(=O)[O-])C(O)C1O. The minimum atomic E-state index is -4.47. The highest BCUT2D eigenvalue weighted by molar-refractivity contribution is 7.48. The first-order chi connectivity index (χ1) is 10.8. The van der Waals surface area contributed by atoms with Crippen LogP contribution in [0, 0.1) is 0 Å². The maximum Gasteiger partial charge on any atom is 0.201 e. The quantitative estimate of drug-likeness (QED) is 0.426. The molecule has 0 spiro atoms. The Morgan fingerprint density at radius 2 is 2.13 bits per heavy atom. The largest absolute Gasteiger partial charge is 0.766 e. The average Bonchev–Trinajstić information content (AvgIpc) is 3.01. The van der Waals surface area contributed by atoms with E-state index in [2.05, 4.69) is 19.5 Å². The molecule has 23 heavy (non-hydrogen) atoms. The molecule has 0 bridgehead atoms. The third-order valence-electron chi connectivity index (χ3n) is 3.42. The Labute approximate surface area is 129 Å². The van der Waals surface area contributed by atoms with E-state index < -0.39 is 38.9 Å². The molecule has 0 aliphatic carbocycles. The number of ether oxygens (including phenoxy) is 1. The highest BCUT2D eigenvalue weighted by atomic mass is 31.2. The molecule has 0 aromatic carbocycles. The third kappa shape index (κ3) is 3.05. The van der Waals surface area contributed by atoms with Crippen molar-refractivity contribution in [3.63, 3.8) is 0 Å². The fourth-order valence-electron chi connectivity index (χ4n) is 2.33. The second-order valence-corrected chi connectivity index (χ2v) is 6.30. The van der Waals surface area contributed by atoms with E-state index in [0.717, 1.165) is 0 Å². The zero-order valence-corrected chi connectivity index (χ0v) is 12.5. The fourth-order valence-corrected chi connectivity index (χ4v) is 2.68. The number of nitrogen functional groups attached to an aromatic ring is 1. The topological polar surface area (TPSA) is 195 Å². The molecular weight excluding hydrogens is 331 g/mol. The molecule has 1 aliphatic rings. The molecular formula is C10H14N6O6P-. The van der Waals surface area contributed by atoms with E-state index in [-0.39, 0.29) is 5.82 Å². The molecule has 3 heterocycles. The van der Waals surface area contributed by atoms with Crippen molar-refractivity contribution in [2.24, 2.45) is 5.50 Å². The number of imidazole rings is 1. The van der Waals surface area contributed by atoms with Crippen molar-refractivity contribution in [3.05, 3.63) is 12.7 Å². The van der Waals surface area contributed by atoms with Gasteiger partial charge in [-0.2, -0.15) is 0 Å². The molecule has 12 nitrogen and oxygen atoms in total. The van der Waals surface area contributed by atoms with Crippen molar-refractivity contribution in [2.75, 3.05) is 12.3 Å². The first kappa shape index (κ1) is 16.2. The van der Waals surface area contributed by atoms with E-state index in [1.165, 1.54) is 17.2 Å². The molecule has 2 aromatic rings. The summed E-state index contributed by atoms with van der Waals surface area (Å²) in [6.45, 7) is -0.532. The van der Waals surface area contributed by atoms with Crippen LogP contribution in [0.4, 0.5) is 5.82 Å². The van der Waals surface area contributed by atoms with Crippen LogP contribution in [0.15, 0.2) is 12.7 Å². The van der Waals surface area contributed by atoms with Gasteiger partial charge in [0.15, 0.2) is 17.7 Å². The van der Waals surface area contributed by atoms with Gasteiger partial charge in [0, 0.05) is 0 Å². The van der Waals surface area contributed by atoms with Crippen LogP contribution in [0.5, 0.6) is 0 Å². The fraction of sp³-hybridized carbons (Fsp3) is 0.500. The molecule has 126 valence electrons. The number of rotatable bonds is 4. The van der Waals surface area contributed by atoms with Crippen LogP contribution in [0.2, 0.25) is 0 Å². The number of aromatic nitrogens is 4. The van der Waals surface area contributed by atoms with Gasteiger partial charge in [-0.3, -0.25) is 14.6 Å². The predicted octanol–water partition coefficient (Wildman–Crippen LogP) is -2.53. The van der Waals surface area contributed by atoms with Crippen LogP contribution < -0.4 is 16.1 Å². The van der Waals surface area contributed by atoms with E-state index >= 15 is 0 Å². The van der Waals surface area contributed by atoms with Gasteiger partial charge in [-0.15, -0.1) is 0 Å². The Morgan fingerprint density at radius 3 is 2.83 bits per heavy atom. The van der Waals surface area contributed by atoms with Crippen LogP contribution in [-0.4, -0.2) is 54.7 Å². The van der Waals surface area contributed by atoms with Crippen LogP contribution in [0.3, 0.4) is 0 Å². The number of fused-ring (bicyclic) bond motifs is 1. The lowest BCUT2D eigenvalue weighted by Gasteiger charge is -2.21. The van der Waals surface area contributed by atoms with Gasteiger partial charge in [-0.25, -0.2) is 15.0 Å². The molecule has 6 N–H and O–H groups in total. The summed E-state index contributed by atoms with van der Waals surface area (Å²) in [5.41, 5.74) is 11.0. The normalized spacial score (nSPS) is 30.6. The molecule has 0 saturated carbocycles. The standard InChI is InChI=1S/C10H15N6O6P/c11-8-5-9(14-2-13-8)16(3-15-5)10-7(18)6(17)4(22-10)1-21-23(12,19)20/h2-4,6-7,10,17-18H,1H2,(H2,11,13,14)(H3,12,19,20)/p-1. The van der Waals surface area contributed by atoms with Gasteiger partial charge in [0.1, 0.15) is 30.2 Å². The van der Waals surface area contributed by atoms with E-state index in [9.17, 15) is 19.7 Å². The van der Waals surface area contributed by atoms with E-state index in [4.69, 9.17) is 16.0 Å². The summed E-state index contributed by atoms with van der Waals surface area (Å²) >= 11 is 0. The molecule has 1 aliphatic heterocycles. The van der Waals surface area contributed by atoms with Gasteiger partial charge in [0.25, 0.3) is 0 Å². The third-order valence-corrected chi connectivity index (χ3v) is 3.93. The predicted molar refractivity (Wildman–Crippen MR) is 73.4 cm³/mol. The van der Waals surface area contributed by atoms with Gasteiger partial charge in [0.05, 0.1) is 12.9 Å². The lowest BCUT2D eigenvalue weighted by molar-refractivity contribution is -0.202. The van der Waals surface area contributed by atoms with Crippen LogP contribution >= 0.6 is 7.75 Å². The number of anilines is 1. The Morgan fingerprint density at radius 1 is 1.39 bits per heavy atom. The molecule has 1 saturated heterocycles. The molecule has 1 fully saturated rings. The van der Waals surface area contributed by atoms with Crippen LogP contribution in [0.1, 0.15) is 6.23 Å². The minimum Gasteiger partial charge on any atom is -0.766 e.